The average molecular weight is 332 g/mol. The highest BCUT2D eigenvalue weighted by Gasteiger charge is 2.24. The van der Waals surface area contributed by atoms with Crippen LogP contribution in [0.15, 0.2) is 40.2 Å². The molecule has 1 heterocycles. The topological polar surface area (TPSA) is 20.2 Å². The molecule has 0 saturated heterocycles. The van der Waals surface area contributed by atoms with Crippen molar-refractivity contribution in [2.75, 3.05) is 0 Å². The summed E-state index contributed by atoms with van der Waals surface area (Å²) < 4.78 is 1.05. The van der Waals surface area contributed by atoms with Crippen LogP contribution in [0.1, 0.15) is 17.4 Å². The molecular weight excluding hydrogens is 320 g/mol. The van der Waals surface area contributed by atoms with Crippen LogP contribution in [0.4, 0.5) is 0 Å². The minimum absolute atomic E-state index is 0.587. The smallest absolute Gasteiger partial charge is 0.0917 e. The van der Waals surface area contributed by atoms with Crippen molar-refractivity contribution in [3.05, 3.63) is 55.6 Å². The fourth-order valence-electron chi connectivity index (χ4n) is 1.71. The van der Waals surface area contributed by atoms with Crippen molar-refractivity contribution in [1.82, 2.24) is 0 Å². The second-order valence-corrected chi connectivity index (χ2v) is 6.54. The van der Waals surface area contributed by atoms with Gasteiger partial charge in [0.15, 0.2) is 0 Å². The zero-order valence-electron chi connectivity index (χ0n) is 9.28. The van der Waals surface area contributed by atoms with Crippen molar-refractivity contribution in [1.29, 1.82) is 0 Å². The van der Waals surface area contributed by atoms with Gasteiger partial charge in [-0.25, -0.2) is 0 Å². The van der Waals surface area contributed by atoms with Gasteiger partial charge < -0.3 is 5.11 Å². The summed E-state index contributed by atoms with van der Waals surface area (Å²) in [4.78, 5) is 1.14. The van der Waals surface area contributed by atoms with Crippen LogP contribution < -0.4 is 0 Å². The Labute approximate surface area is 118 Å². The fraction of sp³-hybridized carbons (Fsp3) is 0.231. The molecule has 1 aromatic heterocycles. The van der Waals surface area contributed by atoms with Crippen LogP contribution in [0, 0.1) is 0 Å². The van der Waals surface area contributed by atoms with E-state index in [1.807, 2.05) is 42.6 Å². The second kappa shape index (κ2) is 5.11. The van der Waals surface area contributed by atoms with E-state index in [1.165, 1.54) is 0 Å². The lowest BCUT2D eigenvalue weighted by molar-refractivity contribution is 0.0585. The van der Waals surface area contributed by atoms with Gasteiger partial charge in [-0.3, -0.25) is 0 Å². The van der Waals surface area contributed by atoms with E-state index < -0.39 is 5.60 Å². The van der Waals surface area contributed by atoms with Gasteiger partial charge in [0.25, 0.3) is 0 Å². The van der Waals surface area contributed by atoms with Crippen LogP contribution in [-0.4, -0.2) is 5.11 Å². The quantitative estimate of drug-likeness (QED) is 0.870. The van der Waals surface area contributed by atoms with Gasteiger partial charge in [-0.1, -0.05) is 23.7 Å². The Morgan fingerprint density at radius 2 is 2.18 bits per heavy atom. The van der Waals surface area contributed by atoms with Gasteiger partial charge in [0.1, 0.15) is 0 Å². The van der Waals surface area contributed by atoms with Gasteiger partial charge in [-0.2, -0.15) is 0 Å². The first-order chi connectivity index (χ1) is 7.97. The van der Waals surface area contributed by atoms with E-state index in [2.05, 4.69) is 15.9 Å². The standard InChI is InChI=1S/C13H12BrClOS/c1-13(16,7-12-6-10(14)8-17-12)9-3-2-4-11(15)5-9/h2-6,8,16H,7H2,1H3. The fourth-order valence-corrected chi connectivity index (χ4v) is 3.50. The van der Waals surface area contributed by atoms with Crippen molar-refractivity contribution in [2.24, 2.45) is 0 Å². The summed E-state index contributed by atoms with van der Waals surface area (Å²) in [5.74, 6) is 0. The lowest BCUT2D eigenvalue weighted by Gasteiger charge is -2.23. The number of benzene rings is 1. The molecule has 90 valence electrons. The van der Waals surface area contributed by atoms with E-state index in [1.54, 1.807) is 11.3 Å². The minimum Gasteiger partial charge on any atom is -0.385 e. The molecule has 2 rings (SSSR count). The Morgan fingerprint density at radius 3 is 2.76 bits per heavy atom. The molecule has 0 fully saturated rings. The summed E-state index contributed by atoms with van der Waals surface area (Å²) in [6.07, 6.45) is 0.587. The van der Waals surface area contributed by atoms with Crippen LogP contribution in [-0.2, 0) is 12.0 Å². The molecule has 1 nitrogen and oxygen atoms in total. The van der Waals surface area contributed by atoms with Crippen molar-refractivity contribution in [3.8, 4) is 0 Å². The molecule has 1 aromatic carbocycles. The summed E-state index contributed by atoms with van der Waals surface area (Å²) in [7, 11) is 0. The van der Waals surface area contributed by atoms with E-state index in [9.17, 15) is 5.11 Å². The molecular formula is C13H12BrClOS. The van der Waals surface area contributed by atoms with Crippen LogP contribution in [0.5, 0.6) is 0 Å². The lowest BCUT2D eigenvalue weighted by Crippen LogP contribution is -2.23. The van der Waals surface area contributed by atoms with E-state index in [-0.39, 0.29) is 0 Å². The average Bonchev–Trinajstić information content (AvgIpc) is 2.63. The third-order valence-corrected chi connectivity index (χ3v) is 4.52. The maximum absolute atomic E-state index is 10.5. The summed E-state index contributed by atoms with van der Waals surface area (Å²) in [6, 6.07) is 9.40. The zero-order valence-corrected chi connectivity index (χ0v) is 12.4. The first-order valence-corrected chi connectivity index (χ1v) is 7.24. The molecule has 0 amide bonds. The Hall–Kier alpha value is -0.350. The highest BCUT2D eigenvalue weighted by molar-refractivity contribution is 9.10. The number of rotatable bonds is 3. The molecule has 0 aliphatic carbocycles. The number of hydrogen-bond acceptors (Lipinski definition) is 2. The molecule has 0 bridgehead atoms. The highest BCUT2D eigenvalue weighted by atomic mass is 79.9. The van der Waals surface area contributed by atoms with Crippen LogP contribution >= 0.6 is 38.9 Å². The first kappa shape index (κ1) is 13.1. The largest absolute Gasteiger partial charge is 0.385 e. The van der Waals surface area contributed by atoms with Crippen LogP contribution in [0.3, 0.4) is 0 Å². The summed E-state index contributed by atoms with van der Waals surface area (Å²) in [5.41, 5.74) is -0.0515. The molecule has 4 heteroatoms. The summed E-state index contributed by atoms with van der Waals surface area (Å²) in [6.45, 7) is 1.81. The van der Waals surface area contributed by atoms with E-state index in [4.69, 9.17) is 11.6 Å². The van der Waals surface area contributed by atoms with Gasteiger partial charge >= 0.3 is 0 Å². The maximum atomic E-state index is 10.5. The summed E-state index contributed by atoms with van der Waals surface area (Å²) in [5, 5.41) is 13.2. The Kier molecular flexibility index (Phi) is 3.93. The van der Waals surface area contributed by atoms with Gasteiger partial charge in [0, 0.05) is 26.2 Å². The van der Waals surface area contributed by atoms with Gasteiger partial charge in [-0.15, -0.1) is 11.3 Å². The predicted octanol–water partition coefficient (Wildman–Crippen LogP) is 4.61. The molecule has 1 atom stereocenters. The van der Waals surface area contributed by atoms with E-state index in [0.29, 0.717) is 11.4 Å². The zero-order chi connectivity index (χ0) is 12.5. The Bertz CT molecular complexity index is 522. The SMILES string of the molecule is CC(O)(Cc1cc(Br)cs1)c1cccc(Cl)c1. The van der Waals surface area contributed by atoms with Gasteiger partial charge in [-0.05, 0) is 46.6 Å². The monoisotopic (exact) mass is 330 g/mol. The molecule has 0 radical (unpaired) electrons. The van der Waals surface area contributed by atoms with E-state index in [0.717, 1.165) is 14.9 Å². The molecule has 1 N–H and O–H groups in total. The number of halogens is 2. The number of aliphatic hydroxyl groups is 1. The Morgan fingerprint density at radius 1 is 1.41 bits per heavy atom. The molecule has 0 spiro atoms. The number of hydrogen-bond donors (Lipinski definition) is 1. The van der Waals surface area contributed by atoms with Crippen molar-refractivity contribution in [2.45, 2.75) is 18.9 Å². The second-order valence-electron chi connectivity index (χ2n) is 4.19. The molecule has 0 aliphatic heterocycles. The third kappa shape index (κ3) is 3.32. The number of thiophene rings is 1. The van der Waals surface area contributed by atoms with Crippen molar-refractivity contribution in [3.63, 3.8) is 0 Å². The third-order valence-electron chi connectivity index (χ3n) is 2.59. The predicted molar refractivity (Wildman–Crippen MR) is 76.7 cm³/mol. The van der Waals surface area contributed by atoms with Gasteiger partial charge in [0.05, 0.1) is 5.60 Å². The van der Waals surface area contributed by atoms with Crippen molar-refractivity contribution < 1.29 is 5.11 Å². The molecule has 0 aliphatic rings. The van der Waals surface area contributed by atoms with Crippen LogP contribution in [0.2, 0.25) is 5.02 Å². The molecule has 0 saturated carbocycles. The molecule has 1 unspecified atom stereocenters. The van der Waals surface area contributed by atoms with E-state index >= 15 is 0 Å². The summed E-state index contributed by atoms with van der Waals surface area (Å²) >= 11 is 11.0. The molecule has 17 heavy (non-hydrogen) atoms. The molecule has 2 aromatic rings. The highest BCUT2D eigenvalue weighted by Crippen LogP contribution is 2.30. The van der Waals surface area contributed by atoms with Gasteiger partial charge in [0.2, 0.25) is 0 Å². The minimum atomic E-state index is -0.894. The maximum Gasteiger partial charge on any atom is 0.0917 e. The van der Waals surface area contributed by atoms with Crippen LogP contribution in [0.25, 0.3) is 0 Å². The Balaban J connectivity index is 2.24. The normalized spacial score (nSPS) is 14.6. The van der Waals surface area contributed by atoms with Crippen molar-refractivity contribution >= 4 is 38.9 Å². The lowest BCUT2D eigenvalue weighted by atomic mass is 9.92. The first-order valence-electron chi connectivity index (χ1n) is 5.19.